The number of pyridine rings is 3. The number of hydrogen-bond acceptors (Lipinski definition) is 5. The SMILES string of the molecule is c1ccc(-c2nc(-c3ccc(-n4c5ccccc5c5ccccc54)cc3)cc(-c3cccc(-c4ccc5ccc(-c6ccc7ccc(-c8cccc9cccnc89)nc7c6)nc5c4)c3)n2)cc1. The van der Waals surface area contributed by atoms with Crippen molar-refractivity contribution in [2.45, 2.75) is 0 Å². The lowest BCUT2D eigenvalue weighted by atomic mass is 9.99. The van der Waals surface area contributed by atoms with Crippen LogP contribution in [0, 0.1) is 0 Å². The normalized spacial score (nSPS) is 11.6. The van der Waals surface area contributed by atoms with E-state index in [1.807, 2.05) is 30.5 Å². The minimum absolute atomic E-state index is 0.679. The zero-order valence-electron chi connectivity index (χ0n) is 36.1. The molecular weight excluding hydrogens is 817 g/mol. The molecule has 5 heterocycles. The summed E-state index contributed by atoms with van der Waals surface area (Å²) in [7, 11) is 0. The molecular formula is C61H38N6. The number of aromatic nitrogens is 6. The third-order valence-corrected chi connectivity index (χ3v) is 12.8. The largest absolute Gasteiger partial charge is 0.309 e. The molecule has 0 saturated carbocycles. The molecule has 0 aliphatic rings. The van der Waals surface area contributed by atoms with Crippen LogP contribution in [0.4, 0.5) is 0 Å². The number of para-hydroxylation sites is 3. The van der Waals surface area contributed by atoms with Crippen molar-refractivity contribution in [3.05, 3.63) is 231 Å². The van der Waals surface area contributed by atoms with Crippen LogP contribution in [-0.4, -0.2) is 29.5 Å². The van der Waals surface area contributed by atoms with E-state index in [-0.39, 0.29) is 0 Å². The molecule has 8 aromatic carbocycles. The maximum atomic E-state index is 5.22. The van der Waals surface area contributed by atoms with Crippen molar-refractivity contribution in [3.8, 4) is 73.2 Å². The highest BCUT2D eigenvalue weighted by molar-refractivity contribution is 6.09. The minimum atomic E-state index is 0.679. The maximum Gasteiger partial charge on any atom is 0.160 e. The maximum absolute atomic E-state index is 5.22. The van der Waals surface area contributed by atoms with Crippen LogP contribution < -0.4 is 0 Å². The van der Waals surface area contributed by atoms with Crippen LogP contribution in [0.5, 0.6) is 0 Å². The molecule has 0 aliphatic carbocycles. The topological polar surface area (TPSA) is 69.4 Å². The molecule has 13 rings (SSSR count). The summed E-state index contributed by atoms with van der Waals surface area (Å²) in [6.07, 6.45) is 1.84. The molecule has 5 aromatic heterocycles. The van der Waals surface area contributed by atoms with Gasteiger partial charge in [0.25, 0.3) is 0 Å². The van der Waals surface area contributed by atoms with E-state index in [4.69, 9.17) is 19.9 Å². The number of nitrogens with zero attached hydrogens (tertiary/aromatic N) is 6. The van der Waals surface area contributed by atoms with Gasteiger partial charge >= 0.3 is 0 Å². The minimum Gasteiger partial charge on any atom is -0.309 e. The van der Waals surface area contributed by atoms with E-state index in [0.717, 1.165) is 100 Å². The van der Waals surface area contributed by atoms with Gasteiger partial charge in [-0.3, -0.25) is 4.98 Å². The predicted octanol–water partition coefficient (Wildman–Crippen LogP) is 15.2. The van der Waals surface area contributed by atoms with E-state index in [1.54, 1.807) is 0 Å². The zero-order chi connectivity index (χ0) is 44.3. The van der Waals surface area contributed by atoms with Gasteiger partial charge in [-0.05, 0) is 77.9 Å². The van der Waals surface area contributed by atoms with Crippen molar-refractivity contribution in [1.29, 1.82) is 0 Å². The lowest BCUT2D eigenvalue weighted by molar-refractivity contribution is 1.17. The van der Waals surface area contributed by atoms with E-state index in [2.05, 4.69) is 210 Å². The molecule has 0 fully saturated rings. The first-order valence-electron chi connectivity index (χ1n) is 22.5. The summed E-state index contributed by atoms with van der Waals surface area (Å²) in [4.78, 5) is 25.4. The van der Waals surface area contributed by atoms with Crippen molar-refractivity contribution in [3.63, 3.8) is 0 Å². The van der Waals surface area contributed by atoms with Crippen molar-refractivity contribution in [2.24, 2.45) is 0 Å². The van der Waals surface area contributed by atoms with Crippen LogP contribution in [0.25, 0.3) is 128 Å². The Hall–Kier alpha value is -9.13. The second-order valence-corrected chi connectivity index (χ2v) is 16.9. The molecule has 312 valence electrons. The smallest absolute Gasteiger partial charge is 0.160 e. The van der Waals surface area contributed by atoms with Gasteiger partial charge < -0.3 is 4.57 Å². The van der Waals surface area contributed by atoms with Gasteiger partial charge in [0.2, 0.25) is 0 Å². The third kappa shape index (κ3) is 6.87. The Balaban J connectivity index is 0.846. The molecule has 0 bridgehead atoms. The summed E-state index contributed by atoms with van der Waals surface area (Å²) in [5, 5.41) is 5.73. The molecule has 0 saturated heterocycles. The number of rotatable bonds is 7. The monoisotopic (exact) mass is 854 g/mol. The van der Waals surface area contributed by atoms with Gasteiger partial charge in [-0.25, -0.2) is 19.9 Å². The molecule has 67 heavy (non-hydrogen) atoms. The summed E-state index contributed by atoms with van der Waals surface area (Å²) in [6, 6.07) is 78.5. The second-order valence-electron chi connectivity index (χ2n) is 16.9. The van der Waals surface area contributed by atoms with Gasteiger partial charge in [-0.15, -0.1) is 0 Å². The van der Waals surface area contributed by atoms with Gasteiger partial charge in [-0.1, -0.05) is 158 Å². The molecule has 0 radical (unpaired) electrons. The van der Waals surface area contributed by atoms with E-state index in [0.29, 0.717) is 5.82 Å². The van der Waals surface area contributed by atoms with Gasteiger partial charge in [-0.2, -0.15) is 0 Å². The van der Waals surface area contributed by atoms with Crippen LogP contribution in [0.15, 0.2) is 231 Å². The highest BCUT2D eigenvalue weighted by Crippen LogP contribution is 2.36. The number of fused-ring (bicyclic) bond motifs is 6. The molecule has 0 spiro atoms. The highest BCUT2D eigenvalue weighted by Gasteiger charge is 2.15. The van der Waals surface area contributed by atoms with Gasteiger partial charge in [0, 0.05) is 66.6 Å². The Morgan fingerprint density at radius 3 is 1.64 bits per heavy atom. The third-order valence-electron chi connectivity index (χ3n) is 12.8. The lowest BCUT2D eigenvalue weighted by Crippen LogP contribution is -1.97. The summed E-state index contributed by atoms with van der Waals surface area (Å²) in [5.41, 5.74) is 16.9. The first kappa shape index (κ1) is 38.3. The number of hydrogen-bond donors (Lipinski definition) is 0. The quantitative estimate of drug-likeness (QED) is 0.160. The standard InChI is InChI=1S/C61H38N6/c1-2-11-43(12-3-1)61-65-56(41-26-30-48(31-27-41)67-58-20-6-4-17-49(58)50-18-5-7-21-59(50)67)38-57(66-61)46-15-8-14-44(35-46)45-24-22-39-28-32-52(63-54(39)36-45)47-25-23-40-29-33-53(64-55(40)37-47)51-19-9-13-42-16-10-34-62-60(42)51/h1-38H. The average Bonchev–Trinajstić information content (AvgIpc) is 3.74. The fraction of sp³-hybridized carbons (Fsp3) is 0. The molecule has 6 heteroatoms. The predicted molar refractivity (Wildman–Crippen MR) is 275 cm³/mol. The molecule has 0 atom stereocenters. The summed E-state index contributed by atoms with van der Waals surface area (Å²) in [6.45, 7) is 0. The van der Waals surface area contributed by atoms with E-state index in [1.165, 1.54) is 21.8 Å². The van der Waals surface area contributed by atoms with E-state index in [9.17, 15) is 0 Å². The van der Waals surface area contributed by atoms with Crippen LogP contribution >= 0.6 is 0 Å². The van der Waals surface area contributed by atoms with Crippen molar-refractivity contribution >= 4 is 54.5 Å². The molecule has 0 amide bonds. The van der Waals surface area contributed by atoms with Gasteiger partial charge in [0.15, 0.2) is 5.82 Å². The molecule has 0 unspecified atom stereocenters. The van der Waals surface area contributed by atoms with Crippen LogP contribution in [0.3, 0.4) is 0 Å². The number of benzene rings is 8. The average molecular weight is 855 g/mol. The summed E-state index contributed by atoms with van der Waals surface area (Å²) < 4.78 is 2.34. The fourth-order valence-corrected chi connectivity index (χ4v) is 9.49. The van der Waals surface area contributed by atoms with Crippen LogP contribution in [0.1, 0.15) is 0 Å². The van der Waals surface area contributed by atoms with Crippen molar-refractivity contribution in [2.75, 3.05) is 0 Å². The van der Waals surface area contributed by atoms with Crippen LogP contribution in [-0.2, 0) is 0 Å². The van der Waals surface area contributed by atoms with Gasteiger partial charge in [0.05, 0.1) is 50.4 Å². The first-order chi connectivity index (χ1) is 33.2. The molecule has 13 aromatic rings. The Morgan fingerprint density at radius 1 is 0.313 bits per heavy atom. The Labute approximate surface area is 386 Å². The molecule has 0 aliphatic heterocycles. The fourth-order valence-electron chi connectivity index (χ4n) is 9.49. The summed E-state index contributed by atoms with van der Waals surface area (Å²) in [5.74, 6) is 0.679. The van der Waals surface area contributed by atoms with E-state index >= 15 is 0 Å². The molecule has 0 N–H and O–H groups in total. The van der Waals surface area contributed by atoms with Gasteiger partial charge in [0.1, 0.15) is 0 Å². The van der Waals surface area contributed by atoms with Crippen molar-refractivity contribution in [1.82, 2.24) is 29.5 Å². The zero-order valence-corrected chi connectivity index (χ0v) is 36.1. The summed E-state index contributed by atoms with van der Waals surface area (Å²) >= 11 is 0. The Morgan fingerprint density at radius 2 is 0.866 bits per heavy atom. The highest BCUT2D eigenvalue weighted by atomic mass is 15.0. The Bertz CT molecular complexity index is 3990. The van der Waals surface area contributed by atoms with E-state index < -0.39 is 0 Å². The Kier molecular flexibility index (Phi) is 9.06. The first-order valence-corrected chi connectivity index (χ1v) is 22.5. The second kappa shape index (κ2) is 15.8. The van der Waals surface area contributed by atoms with Crippen LogP contribution in [0.2, 0.25) is 0 Å². The lowest BCUT2D eigenvalue weighted by Gasteiger charge is -2.12. The molecule has 6 nitrogen and oxygen atoms in total. The van der Waals surface area contributed by atoms with Crippen molar-refractivity contribution < 1.29 is 0 Å².